The van der Waals surface area contributed by atoms with Crippen LogP contribution in [0.25, 0.3) is 0 Å². The molecule has 0 saturated heterocycles. The van der Waals surface area contributed by atoms with Gasteiger partial charge in [-0.1, -0.05) is 46.0 Å². The van der Waals surface area contributed by atoms with Gasteiger partial charge in [0.1, 0.15) is 0 Å². The van der Waals surface area contributed by atoms with Gasteiger partial charge >= 0.3 is 0 Å². The van der Waals surface area contributed by atoms with Crippen molar-refractivity contribution in [3.8, 4) is 0 Å². The molecule has 3 heteroatoms. The van der Waals surface area contributed by atoms with Crippen LogP contribution < -0.4 is 24.0 Å². The van der Waals surface area contributed by atoms with Gasteiger partial charge in [-0.2, -0.15) is 0 Å². The van der Waals surface area contributed by atoms with Gasteiger partial charge in [-0.15, -0.1) is 0 Å². The SMILES string of the molecule is CCCCCCC[N+](C)(CO)CCCCCC.[I-]. The molecule has 0 saturated carbocycles. The molecule has 0 aliphatic heterocycles. The molecule has 0 bridgehead atoms. The summed E-state index contributed by atoms with van der Waals surface area (Å²) in [4.78, 5) is 0. The van der Waals surface area contributed by atoms with E-state index in [0.29, 0.717) is 6.73 Å². The topological polar surface area (TPSA) is 20.2 Å². The number of hydrogen-bond donors (Lipinski definition) is 1. The molecule has 0 fully saturated rings. The Morgan fingerprint density at radius 1 is 0.722 bits per heavy atom. The van der Waals surface area contributed by atoms with Crippen molar-refractivity contribution in [3.05, 3.63) is 0 Å². The Labute approximate surface area is 132 Å². The largest absolute Gasteiger partial charge is 1.00 e. The van der Waals surface area contributed by atoms with Crippen LogP contribution in [-0.2, 0) is 0 Å². The molecule has 0 aromatic carbocycles. The predicted molar refractivity (Wildman–Crippen MR) is 75.9 cm³/mol. The van der Waals surface area contributed by atoms with Crippen molar-refractivity contribution in [2.45, 2.75) is 71.6 Å². The minimum Gasteiger partial charge on any atom is -1.00 e. The first kappa shape index (κ1) is 21.0. The molecule has 1 unspecified atom stereocenters. The van der Waals surface area contributed by atoms with Gasteiger partial charge in [-0.05, 0) is 25.7 Å². The number of unbranched alkanes of at least 4 members (excludes halogenated alkanes) is 7. The molecular formula is C15H34INO. The average molecular weight is 371 g/mol. The highest BCUT2D eigenvalue weighted by Crippen LogP contribution is 2.11. The molecular weight excluding hydrogens is 337 g/mol. The van der Waals surface area contributed by atoms with Gasteiger partial charge < -0.3 is 33.6 Å². The number of aliphatic hydroxyl groups excluding tert-OH is 1. The molecule has 0 amide bonds. The summed E-state index contributed by atoms with van der Waals surface area (Å²) in [6, 6.07) is 0. The molecule has 0 radical (unpaired) electrons. The fourth-order valence-corrected chi connectivity index (χ4v) is 2.27. The highest BCUT2D eigenvalue weighted by molar-refractivity contribution is 4.45. The molecule has 0 heterocycles. The average Bonchev–Trinajstić information content (AvgIpc) is 2.34. The van der Waals surface area contributed by atoms with Gasteiger partial charge in [0.25, 0.3) is 0 Å². The molecule has 0 aromatic rings. The number of quaternary nitrogens is 1. The zero-order valence-corrected chi connectivity index (χ0v) is 14.9. The fraction of sp³-hybridized carbons (Fsp3) is 1.00. The monoisotopic (exact) mass is 371 g/mol. The number of nitrogens with zero attached hydrogens (tertiary/aromatic N) is 1. The van der Waals surface area contributed by atoms with Crippen molar-refractivity contribution in [1.29, 1.82) is 0 Å². The van der Waals surface area contributed by atoms with Gasteiger partial charge in [0.2, 0.25) is 0 Å². The third-order valence-corrected chi connectivity index (χ3v) is 3.69. The second kappa shape index (κ2) is 14.1. The maximum atomic E-state index is 9.52. The molecule has 1 N–H and O–H groups in total. The van der Waals surface area contributed by atoms with E-state index >= 15 is 0 Å². The van der Waals surface area contributed by atoms with Crippen molar-refractivity contribution < 1.29 is 33.6 Å². The van der Waals surface area contributed by atoms with Crippen molar-refractivity contribution in [2.75, 3.05) is 26.9 Å². The third-order valence-electron chi connectivity index (χ3n) is 3.69. The quantitative estimate of drug-likeness (QED) is 0.234. The lowest BCUT2D eigenvalue weighted by Crippen LogP contribution is -3.00. The van der Waals surface area contributed by atoms with E-state index in [2.05, 4.69) is 20.9 Å². The van der Waals surface area contributed by atoms with Crippen LogP contribution in [0.2, 0.25) is 0 Å². The van der Waals surface area contributed by atoms with Crippen molar-refractivity contribution in [2.24, 2.45) is 0 Å². The second-order valence-electron chi connectivity index (χ2n) is 5.68. The molecule has 0 aliphatic rings. The minimum atomic E-state index is 0. The lowest BCUT2D eigenvalue weighted by molar-refractivity contribution is -0.927. The summed E-state index contributed by atoms with van der Waals surface area (Å²) >= 11 is 0. The Morgan fingerprint density at radius 3 is 1.50 bits per heavy atom. The van der Waals surface area contributed by atoms with E-state index in [0.717, 1.165) is 17.6 Å². The Morgan fingerprint density at radius 2 is 1.11 bits per heavy atom. The first-order valence-electron chi connectivity index (χ1n) is 7.63. The number of aliphatic hydroxyl groups is 1. The summed E-state index contributed by atoms with van der Waals surface area (Å²) in [5, 5.41) is 9.52. The first-order valence-corrected chi connectivity index (χ1v) is 7.63. The minimum absolute atomic E-state index is 0. The molecule has 2 nitrogen and oxygen atoms in total. The molecule has 18 heavy (non-hydrogen) atoms. The smallest absolute Gasteiger partial charge is 0.180 e. The van der Waals surface area contributed by atoms with E-state index in [4.69, 9.17) is 0 Å². The molecule has 0 spiro atoms. The van der Waals surface area contributed by atoms with Crippen LogP contribution in [0.5, 0.6) is 0 Å². The van der Waals surface area contributed by atoms with Crippen LogP contribution in [0, 0.1) is 0 Å². The van der Waals surface area contributed by atoms with Gasteiger partial charge in [-0.3, -0.25) is 0 Å². The van der Waals surface area contributed by atoms with Gasteiger partial charge in [0, 0.05) is 0 Å². The number of hydrogen-bond acceptors (Lipinski definition) is 1. The van der Waals surface area contributed by atoms with E-state index in [-0.39, 0.29) is 24.0 Å². The fourth-order valence-electron chi connectivity index (χ4n) is 2.27. The van der Waals surface area contributed by atoms with E-state index in [9.17, 15) is 5.11 Å². The predicted octanol–water partition coefficient (Wildman–Crippen LogP) is 0.938. The second-order valence-corrected chi connectivity index (χ2v) is 5.68. The summed E-state index contributed by atoms with van der Waals surface area (Å²) in [5.41, 5.74) is 0. The lowest BCUT2D eigenvalue weighted by atomic mass is 10.1. The highest BCUT2D eigenvalue weighted by Gasteiger charge is 2.18. The van der Waals surface area contributed by atoms with Crippen molar-refractivity contribution >= 4 is 0 Å². The lowest BCUT2D eigenvalue weighted by Gasteiger charge is -2.32. The van der Waals surface area contributed by atoms with E-state index in [1.54, 1.807) is 0 Å². The van der Waals surface area contributed by atoms with Gasteiger partial charge in [0.05, 0.1) is 20.1 Å². The first-order chi connectivity index (χ1) is 8.18. The Balaban J connectivity index is 0. The summed E-state index contributed by atoms with van der Waals surface area (Å²) in [6.45, 7) is 7.09. The van der Waals surface area contributed by atoms with Crippen LogP contribution in [0.3, 0.4) is 0 Å². The Hall–Kier alpha value is 0.650. The molecule has 0 rings (SSSR count). The Kier molecular flexibility index (Phi) is 16.4. The van der Waals surface area contributed by atoms with Crippen molar-refractivity contribution in [3.63, 3.8) is 0 Å². The zero-order chi connectivity index (χ0) is 13.0. The summed E-state index contributed by atoms with van der Waals surface area (Å²) in [5.74, 6) is 0. The van der Waals surface area contributed by atoms with E-state index in [1.807, 2.05) is 0 Å². The van der Waals surface area contributed by atoms with E-state index in [1.165, 1.54) is 57.8 Å². The normalized spacial score (nSPS) is 14.0. The summed E-state index contributed by atoms with van der Waals surface area (Å²) in [7, 11) is 2.20. The van der Waals surface area contributed by atoms with Crippen LogP contribution >= 0.6 is 0 Å². The maximum Gasteiger partial charge on any atom is 0.180 e. The van der Waals surface area contributed by atoms with Crippen LogP contribution in [0.1, 0.15) is 71.6 Å². The molecule has 112 valence electrons. The highest BCUT2D eigenvalue weighted by atomic mass is 127. The van der Waals surface area contributed by atoms with Crippen molar-refractivity contribution in [1.82, 2.24) is 0 Å². The van der Waals surface area contributed by atoms with Crippen LogP contribution in [0.4, 0.5) is 0 Å². The number of halogens is 1. The molecule has 1 atom stereocenters. The van der Waals surface area contributed by atoms with E-state index < -0.39 is 0 Å². The molecule has 0 aliphatic carbocycles. The third kappa shape index (κ3) is 11.7. The zero-order valence-electron chi connectivity index (χ0n) is 12.8. The van der Waals surface area contributed by atoms with Gasteiger partial charge in [0.15, 0.2) is 6.73 Å². The summed E-state index contributed by atoms with van der Waals surface area (Å²) < 4.78 is 0.857. The molecule has 0 aromatic heterocycles. The number of rotatable bonds is 12. The Bertz CT molecular complexity index is 167. The summed E-state index contributed by atoms with van der Waals surface area (Å²) in [6.07, 6.45) is 11.8. The maximum absolute atomic E-state index is 9.52. The van der Waals surface area contributed by atoms with Gasteiger partial charge in [-0.25, -0.2) is 0 Å². The standard InChI is InChI=1S/C15H34NO.HI/c1-4-6-8-10-12-14-16(3,15-17)13-11-9-7-5-2;/h17H,4-15H2,1-3H3;1H/q+1;/p-1. The van der Waals surface area contributed by atoms with Crippen LogP contribution in [0.15, 0.2) is 0 Å². The van der Waals surface area contributed by atoms with Crippen LogP contribution in [-0.4, -0.2) is 36.5 Å².